The molecule has 4 aliphatic rings. The van der Waals surface area contributed by atoms with Crippen molar-refractivity contribution in [1.82, 2.24) is 19.1 Å². The fourth-order valence-electron chi connectivity index (χ4n) is 6.44. The van der Waals surface area contributed by atoms with Crippen LogP contribution in [-0.2, 0) is 12.7 Å². The number of anilines is 1. The van der Waals surface area contributed by atoms with Gasteiger partial charge >= 0.3 is 6.18 Å². The van der Waals surface area contributed by atoms with Gasteiger partial charge in [-0.05, 0) is 61.5 Å². The van der Waals surface area contributed by atoms with Gasteiger partial charge in [-0.1, -0.05) is 6.07 Å². The molecule has 2 saturated carbocycles. The molecule has 1 aromatic carbocycles. The summed E-state index contributed by atoms with van der Waals surface area (Å²) in [5, 5.41) is 5.73. The Kier molecular flexibility index (Phi) is 4.36. The first kappa shape index (κ1) is 21.5. The first-order valence-electron chi connectivity index (χ1n) is 11.8. The Morgan fingerprint density at radius 3 is 2.83 bits per heavy atom. The molecule has 2 aromatic heterocycles. The van der Waals surface area contributed by atoms with Gasteiger partial charge in [0.15, 0.2) is 0 Å². The maximum absolute atomic E-state index is 13.7. The van der Waals surface area contributed by atoms with Gasteiger partial charge in [0.1, 0.15) is 16.6 Å². The normalized spacial score (nSPS) is 30.1. The van der Waals surface area contributed by atoms with Crippen molar-refractivity contribution in [2.75, 3.05) is 18.0 Å². The number of halogens is 4. The molecule has 0 amide bonds. The quantitative estimate of drug-likeness (QED) is 0.453. The van der Waals surface area contributed by atoms with Crippen molar-refractivity contribution < 1.29 is 17.6 Å². The smallest absolute Gasteiger partial charge is 0.361 e. The fourth-order valence-corrected chi connectivity index (χ4v) is 7.21. The Labute approximate surface area is 202 Å². The minimum absolute atomic E-state index is 0.0441. The van der Waals surface area contributed by atoms with Crippen molar-refractivity contribution in [2.24, 2.45) is 22.2 Å². The molecule has 35 heavy (non-hydrogen) atoms. The summed E-state index contributed by atoms with van der Waals surface area (Å²) in [7, 11) is 0. The van der Waals surface area contributed by atoms with Gasteiger partial charge < -0.3 is 4.90 Å². The van der Waals surface area contributed by atoms with Gasteiger partial charge in [0.05, 0.1) is 11.3 Å². The molecule has 3 aromatic rings. The van der Waals surface area contributed by atoms with E-state index in [1.54, 1.807) is 4.68 Å². The zero-order valence-electron chi connectivity index (χ0n) is 18.9. The van der Waals surface area contributed by atoms with Crippen LogP contribution in [0.5, 0.6) is 0 Å². The predicted octanol–water partition coefficient (Wildman–Crippen LogP) is 5.36. The van der Waals surface area contributed by atoms with Gasteiger partial charge in [0.2, 0.25) is 0 Å². The summed E-state index contributed by atoms with van der Waals surface area (Å²) >= 11 is 1.53. The minimum atomic E-state index is -4.64. The number of benzene rings is 1. The second kappa shape index (κ2) is 7.11. The topological polar surface area (TPSA) is 59.2 Å². The van der Waals surface area contributed by atoms with Crippen LogP contribution in [0.3, 0.4) is 0 Å². The summed E-state index contributed by atoms with van der Waals surface area (Å²) in [4.78, 5) is 11.8. The predicted molar refractivity (Wildman–Crippen MR) is 123 cm³/mol. The van der Waals surface area contributed by atoms with E-state index in [0.717, 1.165) is 37.0 Å². The molecule has 0 N–H and O–H groups in total. The number of aryl methyl sites for hydroxylation is 2. The maximum atomic E-state index is 13.7. The first-order chi connectivity index (χ1) is 16.7. The molecule has 0 radical (unpaired) electrons. The van der Waals surface area contributed by atoms with Gasteiger partial charge in [-0.3, -0.25) is 0 Å². The SMILES string of the molecule is Cc1cc(N2C[C@H]3/C(=N/c4nc5n(n4)CCCC5c4ccc(F)cc4C(F)(F)F)[C@@H]4CC34C2)sn1. The number of aliphatic imine (C=N–C) groups is 1. The average Bonchev–Trinajstić information content (AvgIpc) is 3.14. The summed E-state index contributed by atoms with van der Waals surface area (Å²) in [5.41, 5.74) is 1.54. The Morgan fingerprint density at radius 1 is 1.20 bits per heavy atom. The molecule has 6 nitrogen and oxygen atoms in total. The lowest BCUT2D eigenvalue weighted by Crippen LogP contribution is -2.38. The standard InChI is InChI=1S/C24H22F4N6S/c1-12-7-19(35-32-12)33-10-18-20(17-9-23(17,18)11-33)29-22-30-21-15(3-2-6-34(21)31-22)14-5-4-13(25)8-16(14)24(26,27)28/h4-5,7-8,15,17-18H,2-3,6,9-11H2,1H3/b29-20+/t15?,17-,18-,23?/m0/s1. The van der Waals surface area contributed by atoms with Gasteiger partial charge in [-0.2, -0.15) is 22.5 Å². The molecule has 3 fully saturated rings. The van der Waals surface area contributed by atoms with E-state index in [-0.39, 0.29) is 5.56 Å². The van der Waals surface area contributed by atoms with Crippen molar-refractivity contribution in [3.05, 3.63) is 52.7 Å². The summed E-state index contributed by atoms with van der Waals surface area (Å²) in [6.45, 7) is 4.50. The number of nitrogens with zero attached hydrogens (tertiary/aromatic N) is 6. The molecule has 1 spiro atoms. The second-order valence-corrected chi connectivity index (χ2v) is 11.0. The van der Waals surface area contributed by atoms with Crippen molar-refractivity contribution in [3.8, 4) is 0 Å². The highest BCUT2D eigenvalue weighted by molar-refractivity contribution is 7.10. The van der Waals surface area contributed by atoms with E-state index in [1.807, 2.05) is 6.92 Å². The van der Waals surface area contributed by atoms with Crippen molar-refractivity contribution in [3.63, 3.8) is 0 Å². The molecule has 2 aliphatic carbocycles. The van der Waals surface area contributed by atoms with Crippen LogP contribution in [0.1, 0.15) is 47.8 Å². The average molecular weight is 503 g/mol. The van der Waals surface area contributed by atoms with Crippen LogP contribution in [0, 0.1) is 30.0 Å². The van der Waals surface area contributed by atoms with E-state index in [2.05, 4.69) is 25.4 Å². The summed E-state index contributed by atoms with van der Waals surface area (Å²) in [6.07, 6.45) is -2.36. The van der Waals surface area contributed by atoms with E-state index >= 15 is 0 Å². The van der Waals surface area contributed by atoms with E-state index < -0.39 is 23.5 Å². The van der Waals surface area contributed by atoms with Crippen LogP contribution in [0.25, 0.3) is 0 Å². The number of rotatable bonds is 3. The zero-order chi connectivity index (χ0) is 24.1. The van der Waals surface area contributed by atoms with E-state index in [1.165, 1.54) is 22.6 Å². The molecule has 7 rings (SSSR count). The lowest BCUT2D eigenvalue weighted by Gasteiger charge is -2.30. The molecule has 2 aliphatic heterocycles. The summed E-state index contributed by atoms with van der Waals surface area (Å²) < 4.78 is 60.8. The largest absolute Gasteiger partial charge is 0.416 e. The summed E-state index contributed by atoms with van der Waals surface area (Å²) in [5.74, 6) is 0.104. The Morgan fingerprint density at radius 2 is 2.06 bits per heavy atom. The lowest BCUT2D eigenvalue weighted by atomic mass is 9.74. The van der Waals surface area contributed by atoms with Gasteiger partial charge in [0, 0.05) is 48.5 Å². The molecule has 4 atom stereocenters. The highest BCUT2D eigenvalue weighted by Gasteiger charge is 2.75. The van der Waals surface area contributed by atoms with Crippen molar-refractivity contribution in [1.29, 1.82) is 0 Å². The molecule has 1 saturated heterocycles. The van der Waals surface area contributed by atoms with E-state index in [4.69, 9.17) is 4.99 Å². The van der Waals surface area contributed by atoms with Crippen LogP contribution in [0.4, 0.5) is 28.5 Å². The van der Waals surface area contributed by atoms with E-state index in [9.17, 15) is 17.6 Å². The number of hydrogen-bond acceptors (Lipinski definition) is 6. The van der Waals surface area contributed by atoms with Crippen molar-refractivity contribution >= 4 is 28.2 Å². The number of aromatic nitrogens is 4. The number of hydrogen-bond donors (Lipinski definition) is 0. The van der Waals surface area contributed by atoms with E-state index in [0.29, 0.717) is 54.5 Å². The highest BCUT2D eigenvalue weighted by atomic mass is 32.1. The van der Waals surface area contributed by atoms with Crippen LogP contribution in [0.2, 0.25) is 0 Å². The molecular weight excluding hydrogens is 480 g/mol. The zero-order valence-corrected chi connectivity index (χ0v) is 19.7. The highest BCUT2D eigenvalue weighted by Crippen LogP contribution is 2.72. The van der Waals surface area contributed by atoms with Gasteiger partial charge in [0.25, 0.3) is 5.95 Å². The van der Waals surface area contributed by atoms with Crippen LogP contribution in [-0.4, -0.2) is 37.9 Å². The van der Waals surface area contributed by atoms with Crippen LogP contribution < -0.4 is 4.90 Å². The molecule has 182 valence electrons. The summed E-state index contributed by atoms with van der Waals surface area (Å²) in [6, 6.07) is 5.01. The maximum Gasteiger partial charge on any atom is 0.416 e. The monoisotopic (exact) mass is 502 g/mol. The Bertz CT molecular complexity index is 1380. The Balaban J connectivity index is 1.19. The first-order valence-corrected chi connectivity index (χ1v) is 12.6. The Hall–Kier alpha value is -2.82. The molecular formula is C24H22F4N6S. The third-order valence-corrected chi connectivity index (χ3v) is 9.07. The molecule has 0 bridgehead atoms. The van der Waals surface area contributed by atoms with Gasteiger partial charge in [-0.25, -0.2) is 14.1 Å². The fraction of sp³-hybridized carbons (Fsp3) is 0.500. The van der Waals surface area contributed by atoms with Gasteiger partial charge in [-0.15, -0.1) is 5.10 Å². The second-order valence-electron chi connectivity index (χ2n) is 10.2. The number of fused-ring (bicyclic) bond motifs is 1. The van der Waals surface area contributed by atoms with Crippen molar-refractivity contribution in [2.45, 2.75) is 44.8 Å². The number of alkyl halides is 3. The van der Waals surface area contributed by atoms with Crippen LogP contribution in [0.15, 0.2) is 29.3 Å². The molecule has 2 unspecified atom stereocenters. The minimum Gasteiger partial charge on any atom is -0.361 e. The molecule has 4 heterocycles. The van der Waals surface area contributed by atoms with Crippen LogP contribution >= 0.6 is 11.5 Å². The lowest BCUT2D eigenvalue weighted by molar-refractivity contribution is -0.138. The third-order valence-electron chi connectivity index (χ3n) is 8.13. The third kappa shape index (κ3) is 3.19. The molecule has 11 heteroatoms.